The molecule has 0 saturated carbocycles. The van der Waals surface area contributed by atoms with E-state index >= 15 is 0 Å². The van der Waals surface area contributed by atoms with Crippen LogP contribution in [0.1, 0.15) is 26.7 Å². The van der Waals surface area contributed by atoms with E-state index in [1.807, 2.05) is 0 Å². The van der Waals surface area contributed by atoms with Crippen LogP contribution in [-0.4, -0.2) is 48.8 Å². The van der Waals surface area contributed by atoms with Crippen molar-refractivity contribution in [3.8, 4) is 0 Å². The number of nitrogens with zero attached hydrogens (tertiary/aromatic N) is 5. The first-order valence-corrected chi connectivity index (χ1v) is 10.7. The van der Waals surface area contributed by atoms with Gasteiger partial charge in [0.05, 0.1) is 29.4 Å². The first-order chi connectivity index (χ1) is 14.9. The van der Waals surface area contributed by atoms with Crippen LogP contribution in [-0.2, 0) is 13.6 Å². The zero-order valence-corrected chi connectivity index (χ0v) is 18.8. The quantitative estimate of drug-likeness (QED) is 0.577. The van der Waals surface area contributed by atoms with Crippen molar-refractivity contribution in [1.29, 1.82) is 0 Å². The Balaban J connectivity index is 1.65. The minimum absolute atomic E-state index is 0.164. The number of hydrogen-bond donors (Lipinski definition) is 2. The summed E-state index contributed by atoms with van der Waals surface area (Å²) in [6.07, 6.45) is 1.54. The maximum absolute atomic E-state index is 13.6. The molecular weight excluding hydrogens is 442 g/mol. The summed E-state index contributed by atoms with van der Waals surface area (Å²) < 4.78 is 30.3. The van der Waals surface area contributed by atoms with E-state index < -0.39 is 18.1 Å². The molecule has 1 saturated heterocycles. The van der Waals surface area contributed by atoms with Crippen LogP contribution in [0.5, 0.6) is 0 Å². The lowest BCUT2D eigenvalue weighted by Crippen LogP contribution is -2.27. The Labute approximate surface area is 188 Å². The molecule has 2 N–H and O–H groups in total. The molecular formula is C21H25ClF2N6O2. The van der Waals surface area contributed by atoms with Crippen molar-refractivity contribution >= 4 is 40.1 Å². The van der Waals surface area contributed by atoms with Gasteiger partial charge in [-0.25, -0.2) is 18.6 Å². The second-order valence-corrected chi connectivity index (χ2v) is 9.19. The molecule has 3 aromatic rings. The van der Waals surface area contributed by atoms with Gasteiger partial charge in [-0.15, -0.1) is 0 Å². The molecule has 172 valence electrons. The molecule has 11 heteroatoms. The van der Waals surface area contributed by atoms with E-state index in [0.29, 0.717) is 24.2 Å². The van der Waals surface area contributed by atoms with Crippen molar-refractivity contribution in [2.75, 3.05) is 23.3 Å². The normalized spacial score (nSPS) is 16.2. The third kappa shape index (κ3) is 4.56. The number of halogens is 3. The number of aryl methyl sites for hydroxylation is 2. The van der Waals surface area contributed by atoms with Gasteiger partial charge in [0.2, 0.25) is 5.95 Å². The minimum atomic E-state index is -2.76. The van der Waals surface area contributed by atoms with Crippen LogP contribution in [0, 0.1) is 0 Å². The van der Waals surface area contributed by atoms with Crippen LogP contribution in [0.15, 0.2) is 29.2 Å². The molecule has 1 aliphatic heterocycles. The number of alkyl halides is 2. The van der Waals surface area contributed by atoms with Gasteiger partial charge in [-0.2, -0.15) is 4.98 Å². The first-order valence-electron chi connectivity index (χ1n) is 10.3. The highest BCUT2D eigenvalue weighted by molar-refractivity contribution is 6.32. The van der Waals surface area contributed by atoms with Gasteiger partial charge >= 0.3 is 5.69 Å². The maximum atomic E-state index is 13.6. The highest BCUT2D eigenvalue weighted by Gasteiger charge is 2.39. The van der Waals surface area contributed by atoms with E-state index in [1.165, 1.54) is 11.1 Å². The Hall–Kier alpha value is -2.72. The largest absolute Gasteiger partial charge is 0.390 e. The van der Waals surface area contributed by atoms with E-state index in [4.69, 9.17) is 11.6 Å². The van der Waals surface area contributed by atoms with Crippen molar-refractivity contribution < 1.29 is 13.9 Å². The number of nitrogens with one attached hydrogen (secondary N) is 1. The molecule has 0 radical (unpaired) electrons. The summed E-state index contributed by atoms with van der Waals surface area (Å²) in [4.78, 5) is 22.5. The summed E-state index contributed by atoms with van der Waals surface area (Å²) in [6.45, 7) is 3.47. The molecule has 0 unspecified atom stereocenters. The standard InChI is InChI=1S/C21H25ClF2N6O2/c1-20(2,32)6-9-30-16-10-13(4-5-15(16)28(3)19(30)31)26-17-14(22)11-25-18(27-17)29-8-7-21(23,24)12-29/h4-5,10-11,32H,6-9,12H2,1-3H3,(H,25,26,27). The van der Waals surface area contributed by atoms with Gasteiger partial charge < -0.3 is 15.3 Å². The van der Waals surface area contributed by atoms with Crippen LogP contribution < -0.4 is 15.9 Å². The van der Waals surface area contributed by atoms with Gasteiger partial charge in [-0.05, 0) is 38.5 Å². The van der Waals surface area contributed by atoms with Gasteiger partial charge in [0.25, 0.3) is 5.92 Å². The zero-order valence-electron chi connectivity index (χ0n) is 18.1. The number of benzene rings is 1. The van der Waals surface area contributed by atoms with Gasteiger partial charge in [0, 0.05) is 32.2 Å². The molecule has 0 amide bonds. The van der Waals surface area contributed by atoms with Crippen LogP contribution in [0.3, 0.4) is 0 Å². The lowest BCUT2D eigenvalue weighted by Gasteiger charge is -2.18. The number of fused-ring (bicyclic) bond motifs is 1. The molecule has 4 rings (SSSR count). The summed E-state index contributed by atoms with van der Waals surface area (Å²) in [7, 11) is 1.69. The Morgan fingerprint density at radius 1 is 1.31 bits per heavy atom. The minimum Gasteiger partial charge on any atom is -0.390 e. The third-order valence-corrected chi connectivity index (χ3v) is 5.82. The van der Waals surface area contributed by atoms with Crippen LogP contribution in [0.4, 0.5) is 26.2 Å². The lowest BCUT2D eigenvalue weighted by molar-refractivity contribution is 0.0256. The SMILES string of the molecule is Cn1c(=O)n(CCC(C)(C)O)c2cc(Nc3nc(N4CCC(F)(F)C4)ncc3Cl)ccc21. The number of aromatic nitrogens is 4. The monoisotopic (exact) mass is 466 g/mol. The Morgan fingerprint density at radius 3 is 2.72 bits per heavy atom. The number of anilines is 3. The fourth-order valence-corrected chi connectivity index (χ4v) is 3.87. The van der Waals surface area contributed by atoms with E-state index in [-0.39, 0.29) is 35.4 Å². The fourth-order valence-electron chi connectivity index (χ4n) is 3.73. The van der Waals surface area contributed by atoms with Crippen molar-refractivity contribution in [1.82, 2.24) is 19.1 Å². The average Bonchev–Trinajstić information content (AvgIpc) is 3.18. The van der Waals surface area contributed by atoms with Gasteiger partial charge in [0.1, 0.15) is 5.02 Å². The molecule has 2 aromatic heterocycles. The third-order valence-electron chi connectivity index (χ3n) is 5.54. The fraction of sp³-hybridized carbons (Fsp3) is 0.476. The molecule has 8 nitrogen and oxygen atoms in total. The topological polar surface area (TPSA) is 88.2 Å². The van der Waals surface area contributed by atoms with E-state index in [1.54, 1.807) is 48.2 Å². The van der Waals surface area contributed by atoms with Crippen molar-refractivity contribution in [2.24, 2.45) is 7.05 Å². The Kier molecular flexibility index (Phi) is 5.62. The van der Waals surface area contributed by atoms with Gasteiger partial charge in [0.15, 0.2) is 5.82 Å². The average molecular weight is 467 g/mol. The van der Waals surface area contributed by atoms with Crippen LogP contribution in [0.2, 0.25) is 5.02 Å². The number of rotatable bonds is 6. The summed E-state index contributed by atoms with van der Waals surface area (Å²) >= 11 is 6.25. The molecule has 32 heavy (non-hydrogen) atoms. The maximum Gasteiger partial charge on any atom is 0.328 e. The highest BCUT2D eigenvalue weighted by Crippen LogP contribution is 2.32. The van der Waals surface area contributed by atoms with Crippen molar-refractivity contribution in [3.05, 3.63) is 39.9 Å². The molecule has 0 aliphatic carbocycles. The molecule has 0 atom stereocenters. The predicted octanol–water partition coefficient (Wildman–Crippen LogP) is 3.53. The second kappa shape index (κ2) is 8.00. The summed E-state index contributed by atoms with van der Waals surface area (Å²) in [5, 5.41) is 13.4. The molecule has 1 aliphatic rings. The molecule has 0 spiro atoms. The van der Waals surface area contributed by atoms with Gasteiger partial charge in [-0.3, -0.25) is 9.13 Å². The van der Waals surface area contributed by atoms with E-state index in [9.17, 15) is 18.7 Å². The van der Waals surface area contributed by atoms with Gasteiger partial charge in [-0.1, -0.05) is 11.6 Å². The highest BCUT2D eigenvalue weighted by atomic mass is 35.5. The van der Waals surface area contributed by atoms with E-state index in [2.05, 4.69) is 15.3 Å². The van der Waals surface area contributed by atoms with E-state index in [0.717, 1.165) is 5.52 Å². The number of aliphatic hydroxyl groups is 1. The molecule has 1 aromatic carbocycles. The van der Waals surface area contributed by atoms with Crippen molar-refractivity contribution in [2.45, 2.75) is 44.8 Å². The smallest absolute Gasteiger partial charge is 0.328 e. The summed E-state index contributed by atoms with van der Waals surface area (Å²) in [6, 6.07) is 5.38. The Morgan fingerprint density at radius 2 is 2.06 bits per heavy atom. The Bertz CT molecular complexity index is 1220. The predicted molar refractivity (Wildman–Crippen MR) is 120 cm³/mol. The number of hydrogen-bond acceptors (Lipinski definition) is 6. The van der Waals surface area contributed by atoms with Crippen molar-refractivity contribution in [3.63, 3.8) is 0 Å². The molecule has 3 heterocycles. The van der Waals surface area contributed by atoms with Crippen LogP contribution in [0.25, 0.3) is 11.0 Å². The second-order valence-electron chi connectivity index (χ2n) is 8.78. The lowest BCUT2D eigenvalue weighted by atomic mass is 10.1. The zero-order chi connectivity index (χ0) is 23.3. The summed E-state index contributed by atoms with van der Waals surface area (Å²) in [5.41, 5.74) is 0.966. The number of imidazole rings is 1. The first kappa shape index (κ1) is 22.5. The van der Waals surface area contributed by atoms with Crippen LogP contribution >= 0.6 is 11.6 Å². The molecule has 1 fully saturated rings. The summed E-state index contributed by atoms with van der Waals surface area (Å²) in [5.74, 6) is -2.30. The molecule has 0 bridgehead atoms.